The maximum Gasteiger partial charge on any atom is 0.193 e. The van der Waals surface area contributed by atoms with Crippen LogP contribution in [0.5, 0.6) is 0 Å². The molecule has 24 heavy (non-hydrogen) atoms. The Morgan fingerprint density at radius 3 is 2.54 bits per heavy atom. The summed E-state index contributed by atoms with van der Waals surface area (Å²) >= 11 is 2.05. The quantitative estimate of drug-likeness (QED) is 0.397. The van der Waals surface area contributed by atoms with Crippen molar-refractivity contribution in [1.29, 1.82) is 0 Å². The average molecular weight is 463 g/mol. The van der Waals surface area contributed by atoms with Crippen molar-refractivity contribution in [3.05, 3.63) is 35.9 Å². The van der Waals surface area contributed by atoms with Crippen LogP contribution in [-0.2, 0) is 11.3 Å². The second kappa shape index (κ2) is 11.2. The van der Waals surface area contributed by atoms with E-state index >= 15 is 0 Å². The molecule has 2 rings (SSSR count). The van der Waals surface area contributed by atoms with Gasteiger partial charge in [-0.3, -0.25) is 4.99 Å². The first-order valence-electron chi connectivity index (χ1n) is 8.36. The van der Waals surface area contributed by atoms with E-state index < -0.39 is 0 Å². The van der Waals surface area contributed by atoms with Crippen LogP contribution in [-0.4, -0.2) is 55.2 Å². The Kier molecular flexibility index (Phi) is 10.1. The van der Waals surface area contributed by atoms with Gasteiger partial charge in [0.15, 0.2) is 5.96 Å². The monoisotopic (exact) mass is 463 g/mol. The van der Waals surface area contributed by atoms with Gasteiger partial charge in [0.2, 0.25) is 0 Å². The highest BCUT2D eigenvalue weighted by Crippen LogP contribution is 2.34. The summed E-state index contributed by atoms with van der Waals surface area (Å²) in [7, 11) is 3.94. The molecular weight excluding hydrogens is 433 g/mol. The lowest BCUT2D eigenvalue weighted by Crippen LogP contribution is -2.48. The van der Waals surface area contributed by atoms with Gasteiger partial charge >= 0.3 is 0 Å². The van der Waals surface area contributed by atoms with Crippen LogP contribution in [0.25, 0.3) is 0 Å². The van der Waals surface area contributed by atoms with Crippen LogP contribution in [0.3, 0.4) is 0 Å². The van der Waals surface area contributed by atoms with E-state index in [1.165, 1.54) is 5.56 Å². The number of hydrogen-bond acceptors (Lipinski definition) is 3. The number of guanidine groups is 1. The third kappa shape index (κ3) is 6.44. The smallest absolute Gasteiger partial charge is 0.193 e. The molecule has 1 aromatic rings. The number of hydrogen-bond donors (Lipinski definition) is 1. The number of aliphatic imine (C=N–C) groups is 1. The summed E-state index contributed by atoms with van der Waals surface area (Å²) in [5, 5.41) is 3.58. The minimum absolute atomic E-state index is 0. The summed E-state index contributed by atoms with van der Waals surface area (Å²) < 4.78 is 5.82. The van der Waals surface area contributed by atoms with Gasteiger partial charge in [-0.25, -0.2) is 0 Å². The van der Waals surface area contributed by atoms with E-state index in [9.17, 15) is 0 Å². The topological polar surface area (TPSA) is 36.9 Å². The summed E-state index contributed by atoms with van der Waals surface area (Å²) in [6, 6.07) is 10.5. The molecule has 0 radical (unpaired) electrons. The van der Waals surface area contributed by atoms with Gasteiger partial charge in [-0.15, -0.1) is 24.0 Å². The first-order valence-corrected chi connectivity index (χ1v) is 9.35. The van der Waals surface area contributed by atoms with Crippen molar-refractivity contribution in [1.82, 2.24) is 10.2 Å². The molecule has 0 bridgehead atoms. The predicted octanol–water partition coefficient (Wildman–Crippen LogP) is 3.61. The number of thioether (sulfide) groups is 1. The van der Waals surface area contributed by atoms with Gasteiger partial charge in [0.1, 0.15) is 0 Å². The number of nitrogens with one attached hydrogen (secondary N) is 1. The first kappa shape index (κ1) is 21.6. The lowest BCUT2D eigenvalue weighted by Gasteiger charge is -2.37. The first-order chi connectivity index (χ1) is 11.2. The van der Waals surface area contributed by atoms with Crippen molar-refractivity contribution in [2.24, 2.45) is 4.99 Å². The summed E-state index contributed by atoms with van der Waals surface area (Å²) in [5.74, 6) is 2.09. The average Bonchev–Trinajstić information content (AvgIpc) is 2.57. The van der Waals surface area contributed by atoms with Crippen LogP contribution in [0.2, 0.25) is 0 Å². The highest BCUT2D eigenvalue weighted by molar-refractivity contribution is 14.0. The Morgan fingerprint density at radius 2 is 1.96 bits per heavy atom. The minimum Gasteiger partial charge on any atom is -0.381 e. The van der Waals surface area contributed by atoms with Crippen molar-refractivity contribution in [2.45, 2.75) is 31.1 Å². The molecule has 1 N–H and O–H groups in total. The standard InChI is InChI=1S/C18H29N3OS.HI/c1-4-23-18(10-12-22-13-11-18)15-20-17(19-2)21(3)14-16-8-6-5-7-9-16;/h5-9H,4,10-15H2,1-3H3,(H,19,20);1H. The molecule has 0 aliphatic carbocycles. The third-order valence-electron chi connectivity index (χ3n) is 4.26. The molecule has 0 atom stereocenters. The van der Waals surface area contributed by atoms with Crippen molar-refractivity contribution in [2.75, 3.05) is 39.6 Å². The number of halogens is 1. The summed E-state index contributed by atoms with van der Waals surface area (Å²) in [6.45, 7) is 5.77. The maximum atomic E-state index is 5.55. The van der Waals surface area contributed by atoms with Gasteiger partial charge in [0.25, 0.3) is 0 Å². The Balaban J connectivity index is 0.00000288. The summed E-state index contributed by atoms with van der Waals surface area (Å²) in [4.78, 5) is 6.63. The van der Waals surface area contributed by atoms with Gasteiger partial charge in [0, 0.05) is 45.1 Å². The zero-order valence-corrected chi connectivity index (χ0v) is 18.1. The lowest BCUT2D eigenvalue weighted by atomic mass is 9.99. The van der Waals surface area contributed by atoms with E-state index in [1.807, 2.05) is 13.1 Å². The fraction of sp³-hybridized carbons (Fsp3) is 0.611. The molecule has 1 aromatic carbocycles. The lowest BCUT2D eigenvalue weighted by molar-refractivity contribution is 0.0780. The molecule has 1 aliphatic heterocycles. The van der Waals surface area contributed by atoms with Crippen LogP contribution in [0.1, 0.15) is 25.3 Å². The normalized spacial score (nSPS) is 17.0. The molecule has 0 amide bonds. The zero-order chi connectivity index (χ0) is 16.5. The SMILES string of the molecule is CCSC1(CNC(=NC)N(C)Cc2ccccc2)CCOCC1.I. The third-order valence-corrected chi connectivity index (χ3v) is 5.71. The largest absolute Gasteiger partial charge is 0.381 e. The van der Waals surface area contributed by atoms with Crippen molar-refractivity contribution < 1.29 is 4.74 Å². The van der Waals surface area contributed by atoms with E-state index in [1.54, 1.807) is 0 Å². The van der Waals surface area contributed by atoms with Gasteiger partial charge in [-0.2, -0.15) is 11.8 Å². The second-order valence-corrected chi connectivity index (χ2v) is 7.70. The summed E-state index contributed by atoms with van der Waals surface area (Å²) in [5.41, 5.74) is 1.29. The fourth-order valence-electron chi connectivity index (χ4n) is 2.98. The molecule has 0 saturated carbocycles. The van der Waals surface area contributed by atoms with E-state index in [0.717, 1.165) is 50.9 Å². The van der Waals surface area contributed by atoms with E-state index in [-0.39, 0.29) is 28.7 Å². The minimum atomic E-state index is 0. The fourth-order valence-corrected chi connectivity index (χ4v) is 4.22. The molecule has 1 saturated heterocycles. The van der Waals surface area contributed by atoms with Crippen LogP contribution in [0, 0.1) is 0 Å². The van der Waals surface area contributed by atoms with Crippen molar-refractivity contribution in [3.8, 4) is 0 Å². The Morgan fingerprint density at radius 1 is 1.29 bits per heavy atom. The van der Waals surface area contributed by atoms with Crippen LogP contribution < -0.4 is 5.32 Å². The molecular formula is C18H30IN3OS. The molecule has 1 heterocycles. The molecule has 6 heteroatoms. The van der Waals surface area contributed by atoms with Crippen molar-refractivity contribution in [3.63, 3.8) is 0 Å². The van der Waals surface area contributed by atoms with E-state index in [4.69, 9.17) is 4.74 Å². The molecule has 1 aliphatic rings. The van der Waals surface area contributed by atoms with Crippen LogP contribution >= 0.6 is 35.7 Å². The second-order valence-electron chi connectivity index (χ2n) is 5.97. The number of rotatable bonds is 6. The number of ether oxygens (including phenoxy) is 1. The highest BCUT2D eigenvalue weighted by Gasteiger charge is 2.32. The predicted molar refractivity (Wildman–Crippen MR) is 116 cm³/mol. The van der Waals surface area contributed by atoms with Gasteiger partial charge < -0.3 is 15.0 Å². The Hall–Kier alpha value is -0.470. The Labute approximate surface area is 167 Å². The van der Waals surface area contributed by atoms with E-state index in [0.29, 0.717) is 0 Å². The van der Waals surface area contributed by atoms with Gasteiger partial charge in [-0.1, -0.05) is 37.3 Å². The molecule has 4 nitrogen and oxygen atoms in total. The van der Waals surface area contributed by atoms with Gasteiger partial charge in [0.05, 0.1) is 0 Å². The Bertz CT molecular complexity index is 487. The highest BCUT2D eigenvalue weighted by atomic mass is 127. The molecule has 0 aromatic heterocycles. The van der Waals surface area contributed by atoms with E-state index in [2.05, 4.69) is 65.2 Å². The van der Waals surface area contributed by atoms with Crippen LogP contribution in [0.4, 0.5) is 0 Å². The molecule has 1 fully saturated rings. The van der Waals surface area contributed by atoms with Crippen molar-refractivity contribution >= 4 is 41.7 Å². The summed E-state index contributed by atoms with van der Waals surface area (Å²) in [6.07, 6.45) is 2.22. The number of nitrogens with zero attached hydrogens (tertiary/aromatic N) is 2. The zero-order valence-electron chi connectivity index (χ0n) is 15.0. The molecule has 0 spiro atoms. The number of benzene rings is 1. The molecule has 136 valence electrons. The maximum absolute atomic E-state index is 5.55. The molecule has 0 unspecified atom stereocenters. The van der Waals surface area contributed by atoms with Crippen LogP contribution in [0.15, 0.2) is 35.3 Å². The van der Waals surface area contributed by atoms with Gasteiger partial charge in [-0.05, 0) is 24.2 Å².